The molecule has 3 heteroatoms. The van der Waals surface area contributed by atoms with E-state index in [1.165, 1.54) is 12.1 Å². The van der Waals surface area contributed by atoms with Crippen LogP contribution in [0.25, 0.3) is 0 Å². The Hall–Kier alpha value is -1.87. The van der Waals surface area contributed by atoms with Crippen LogP contribution < -0.4 is 4.74 Å². The topological polar surface area (TPSA) is 29.5 Å². The SMILES string of the molecule is COc1cc(C)c(C(C)(O)c2ccc(F)cc2)cc1C. The Morgan fingerprint density at radius 1 is 1.05 bits per heavy atom. The molecule has 0 heterocycles. The molecule has 1 N–H and O–H groups in total. The molecule has 0 radical (unpaired) electrons. The number of hydrogen-bond donors (Lipinski definition) is 1. The lowest BCUT2D eigenvalue weighted by Gasteiger charge is -2.27. The highest BCUT2D eigenvalue weighted by Crippen LogP contribution is 2.34. The van der Waals surface area contributed by atoms with Gasteiger partial charge in [-0.1, -0.05) is 12.1 Å². The van der Waals surface area contributed by atoms with E-state index < -0.39 is 5.60 Å². The zero-order chi connectivity index (χ0) is 14.9. The van der Waals surface area contributed by atoms with Crippen LogP contribution in [-0.4, -0.2) is 12.2 Å². The van der Waals surface area contributed by atoms with E-state index in [0.717, 1.165) is 22.4 Å². The molecule has 0 saturated carbocycles. The lowest BCUT2D eigenvalue weighted by atomic mass is 9.84. The average Bonchev–Trinajstić information content (AvgIpc) is 2.41. The minimum absolute atomic E-state index is 0.313. The van der Waals surface area contributed by atoms with Crippen LogP contribution >= 0.6 is 0 Å². The van der Waals surface area contributed by atoms with Crippen molar-refractivity contribution in [2.45, 2.75) is 26.4 Å². The molecule has 0 saturated heterocycles. The molecule has 2 aromatic carbocycles. The van der Waals surface area contributed by atoms with E-state index in [0.29, 0.717) is 5.56 Å². The minimum Gasteiger partial charge on any atom is -0.496 e. The van der Waals surface area contributed by atoms with Crippen molar-refractivity contribution in [2.75, 3.05) is 7.11 Å². The van der Waals surface area contributed by atoms with Gasteiger partial charge in [0.25, 0.3) is 0 Å². The molecule has 0 aliphatic carbocycles. The predicted molar refractivity (Wildman–Crippen MR) is 77.5 cm³/mol. The van der Waals surface area contributed by atoms with Gasteiger partial charge in [-0.15, -0.1) is 0 Å². The van der Waals surface area contributed by atoms with Crippen LogP contribution in [0.3, 0.4) is 0 Å². The van der Waals surface area contributed by atoms with E-state index in [1.807, 2.05) is 26.0 Å². The predicted octanol–water partition coefficient (Wildman–Crippen LogP) is 3.71. The van der Waals surface area contributed by atoms with Gasteiger partial charge >= 0.3 is 0 Å². The largest absolute Gasteiger partial charge is 0.496 e. The van der Waals surface area contributed by atoms with Gasteiger partial charge in [0.15, 0.2) is 0 Å². The molecule has 0 spiro atoms. The fourth-order valence-corrected chi connectivity index (χ4v) is 2.46. The fourth-order valence-electron chi connectivity index (χ4n) is 2.46. The third-order valence-electron chi connectivity index (χ3n) is 3.67. The van der Waals surface area contributed by atoms with E-state index in [4.69, 9.17) is 4.74 Å². The molecule has 0 aliphatic heterocycles. The summed E-state index contributed by atoms with van der Waals surface area (Å²) in [6, 6.07) is 9.74. The Morgan fingerprint density at radius 2 is 1.65 bits per heavy atom. The van der Waals surface area contributed by atoms with Crippen LogP contribution in [0.4, 0.5) is 4.39 Å². The molecule has 1 atom stereocenters. The van der Waals surface area contributed by atoms with Crippen LogP contribution in [0.5, 0.6) is 5.75 Å². The summed E-state index contributed by atoms with van der Waals surface area (Å²) >= 11 is 0. The lowest BCUT2D eigenvalue weighted by molar-refractivity contribution is 0.101. The van der Waals surface area contributed by atoms with Gasteiger partial charge in [-0.3, -0.25) is 0 Å². The molecule has 0 aromatic heterocycles. The standard InChI is InChI=1S/C17H19FO2/c1-11-10-16(20-4)12(2)9-15(11)17(3,19)13-5-7-14(18)8-6-13/h5-10,19H,1-4H3. The maximum atomic E-state index is 13.0. The maximum Gasteiger partial charge on any atom is 0.123 e. The second-order valence-corrected chi connectivity index (χ2v) is 5.22. The second kappa shape index (κ2) is 5.25. The van der Waals surface area contributed by atoms with Gasteiger partial charge < -0.3 is 9.84 Å². The van der Waals surface area contributed by atoms with Crippen molar-refractivity contribution in [1.29, 1.82) is 0 Å². The van der Waals surface area contributed by atoms with Crippen molar-refractivity contribution in [1.82, 2.24) is 0 Å². The van der Waals surface area contributed by atoms with Crippen molar-refractivity contribution >= 4 is 0 Å². The first-order valence-corrected chi connectivity index (χ1v) is 6.50. The summed E-state index contributed by atoms with van der Waals surface area (Å²) in [7, 11) is 1.62. The van der Waals surface area contributed by atoms with Gasteiger partial charge in [-0.25, -0.2) is 4.39 Å². The second-order valence-electron chi connectivity index (χ2n) is 5.22. The molecule has 106 valence electrons. The normalized spacial score (nSPS) is 13.9. The monoisotopic (exact) mass is 274 g/mol. The molecule has 0 bridgehead atoms. The molecule has 2 nitrogen and oxygen atoms in total. The molecular formula is C17H19FO2. The van der Waals surface area contributed by atoms with E-state index in [1.54, 1.807) is 26.2 Å². The molecule has 2 aromatic rings. The van der Waals surface area contributed by atoms with Crippen molar-refractivity contribution in [3.05, 3.63) is 64.5 Å². The van der Waals surface area contributed by atoms with E-state index in [2.05, 4.69) is 0 Å². The molecular weight excluding hydrogens is 255 g/mol. The van der Waals surface area contributed by atoms with Gasteiger partial charge in [0.05, 0.1) is 7.11 Å². The fraction of sp³-hybridized carbons (Fsp3) is 0.294. The first-order chi connectivity index (χ1) is 9.36. The number of rotatable bonds is 3. The minimum atomic E-state index is -1.17. The van der Waals surface area contributed by atoms with Crippen molar-refractivity contribution in [2.24, 2.45) is 0 Å². The summed E-state index contributed by atoms with van der Waals surface area (Å²) in [6.45, 7) is 5.58. The highest BCUT2D eigenvalue weighted by molar-refractivity contribution is 5.47. The van der Waals surface area contributed by atoms with Crippen LogP contribution in [0.15, 0.2) is 36.4 Å². The Kier molecular flexibility index (Phi) is 3.82. The smallest absolute Gasteiger partial charge is 0.123 e. The summed E-state index contributed by atoms with van der Waals surface area (Å²) in [5.74, 6) is 0.480. The summed E-state index contributed by atoms with van der Waals surface area (Å²) in [5, 5.41) is 10.9. The van der Waals surface area contributed by atoms with Gasteiger partial charge in [0, 0.05) is 0 Å². The number of benzene rings is 2. The maximum absolute atomic E-state index is 13.0. The Bertz CT molecular complexity index is 616. The van der Waals surface area contributed by atoms with Gasteiger partial charge in [0.1, 0.15) is 17.2 Å². The Balaban J connectivity index is 2.54. The molecule has 0 aliphatic rings. The number of aryl methyl sites for hydroxylation is 2. The quantitative estimate of drug-likeness (QED) is 0.924. The molecule has 1 unspecified atom stereocenters. The Morgan fingerprint density at radius 3 is 2.20 bits per heavy atom. The third kappa shape index (κ3) is 2.54. The van der Waals surface area contributed by atoms with Gasteiger partial charge in [-0.2, -0.15) is 0 Å². The van der Waals surface area contributed by atoms with Crippen molar-refractivity contribution in [3.63, 3.8) is 0 Å². The first kappa shape index (κ1) is 14.5. The highest BCUT2D eigenvalue weighted by atomic mass is 19.1. The number of ether oxygens (including phenoxy) is 1. The van der Waals surface area contributed by atoms with Crippen LogP contribution in [-0.2, 0) is 5.60 Å². The summed E-state index contributed by atoms with van der Waals surface area (Å²) < 4.78 is 18.3. The third-order valence-corrected chi connectivity index (χ3v) is 3.67. The zero-order valence-electron chi connectivity index (χ0n) is 12.2. The van der Waals surface area contributed by atoms with Gasteiger partial charge in [0.2, 0.25) is 0 Å². The number of hydrogen-bond acceptors (Lipinski definition) is 2. The molecule has 2 rings (SSSR count). The van der Waals surface area contributed by atoms with Gasteiger partial charge in [-0.05, 0) is 67.3 Å². The molecule has 0 fully saturated rings. The lowest BCUT2D eigenvalue weighted by Crippen LogP contribution is -2.24. The Labute approximate surface area is 118 Å². The van der Waals surface area contributed by atoms with Crippen molar-refractivity contribution in [3.8, 4) is 5.75 Å². The molecule has 20 heavy (non-hydrogen) atoms. The van der Waals surface area contributed by atoms with Crippen LogP contribution in [0.2, 0.25) is 0 Å². The number of halogens is 1. The van der Waals surface area contributed by atoms with E-state index in [9.17, 15) is 9.50 Å². The summed E-state index contributed by atoms with van der Waals surface area (Å²) in [5.41, 5.74) is 2.17. The number of methoxy groups -OCH3 is 1. The zero-order valence-corrected chi connectivity index (χ0v) is 12.2. The summed E-state index contributed by atoms with van der Waals surface area (Å²) in [6.07, 6.45) is 0. The van der Waals surface area contributed by atoms with E-state index in [-0.39, 0.29) is 5.82 Å². The van der Waals surface area contributed by atoms with Crippen molar-refractivity contribution < 1.29 is 14.2 Å². The number of aliphatic hydroxyl groups is 1. The average molecular weight is 274 g/mol. The highest BCUT2D eigenvalue weighted by Gasteiger charge is 2.28. The molecule has 0 amide bonds. The summed E-state index contributed by atoms with van der Waals surface area (Å²) in [4.78, 5) is 0. The van der Waals surface area contributed by atoms with E-state index >= 15 is 0 Å². The van der Waals surface area contributed by atoms with Crippen LogP contribution in [0, 0.1) is 19.7 Å². The van der Waals surface area contributed by atoms with Crippen LogP contribution in [0.1, 0.15) is 29.2 Å². The first-order valence-electron chi connectivity index (χ1n) is 6.50.